The molecule has 0 aliphatic carbocycles. The molecular weight excluding hydrogens is 438 g/mol. The number of alkyl halides is 3. The first-order valence-corrected chi connectivity index (χ1v) is 9.35. The molecule has 3 aromatic rings. The third kappa shape index (κ3) is 4.11. The molecule has 0 saturated heterocycles. The van der Waals surface area contributed by atoms with E-state index in [1.54, 1.807) is 31.2 Å². The van der Waals surface area contributed by atoms with E-state index in [4.69, 9.17) is 11.6 Å². The maximum Gasteiger partial charge on any atom is 0.453 e. The molecule has 0 saturated carbocycles. The minimum atomic E-state index is -4.78. The fourth-order valence-corrected chi connectivity index (χ4v) is 3.38. The first kappa shape index (κ1) is 20.9. The molecule has 2 heterocycles. The summed E-state index contributed by atoms with van der Waals surface area (Å²) in [5, 5.41) is 9.45. The number of hydrogen-bond acceptors (Lipinski definition) is 4. The van der Waals surface area contributed by atoms with Crippen LogP contribution in [0.3, 0.4) is 0 Å². The van der Waals surface area contributed by atoms with Crippen molar-refractivity contribution in [3.63, 3.8) is 0 Å². The Kier molecular flexibility index (Phi) is 5.18. The van der Waals surface area contributed by atoms with E-state index < -0.39 is 29.8 Å². The van der Waals surface area contributed by atoms with Gasteiger partial charge in [-0.1, -0.05) is 23.7 Å². The summed E-state index contributed by atoms with van der Waals surface area (Å²) < 4.78 is 54.1. The van der Waals surface area contributed by atoms with Gasteiger partial charge >= 0.3 is 6.18 Å². The number of allylic oxidation sites excluding steroid dienone is 1. The topological polar surface area (TPSA) is 71.8 Å². The number of anilines is 2. The lowest BCUT2D eigenvalue weighted by molar-refractivity contribution is -0.145. The van der Waals surface area contributed by atoms with E-state index in [1.807, 2.05) is 0 Å². The molecule has 0 radical (unpaired) electrons. The molecule has 11 heteroatoms. The lowest BCUT2D eigenvalue weighted by Crippen LogP contribution is -2.31. The molecular formula is C20H14ClF4N5O. The quantitative estimate of drug-likeness (QED) is 0.549. The van der Waals surface area contributed by atoms with Crippen molar-refractivity contribution >= 4 is 29.1 Å². The highest BCUT2D eigenvalue weighted by atomic mass is 35.5. The first-order chi connectivity index (χ1) is 14.6. The van der Waals surface area contributed by atoms with Gasteiger partial charge in [0.1, 0.15) is 11.9 Å². The van der Waals surface area contributed by atoms with E-state index in [0.717, 1.165) is 16.8 Å². The van der Waals surface area contributed by atoms with Crippen molar-refractivity contribution in [1.29, 1.82) is 0 Å². The van der Waals surface area contributed by atoms with Crippen molar-refractivity contribution in [3.8, 4) is 0 Å². The third-order valence-electron chi connectivity index (χ3n) is 4.64. The van der Waals surface area contributed by atoms with Crippen molar-refractivity contribution in [2.24, 2.45) is 0 Å². The predicted molar refractivity (Wildman–Crippen MR) is 106 cm³/mol. The van der Waals surface area contributed by atoms with Gasteiger partial charge in [-0.3, -0.25) is 4.79 Å². The molecule has 0 fully saturated rings. The summed E-state index contributed by atoms with van der Waals surface area (Å²) in [6.45, 7) is 1.54. The standard InChI is InChI=1S/C20H14ClF4N5O/c1-10-15(17(31)27-14-8-4-12(21)5-9-14)16(11-2-6-13(22)7-3-11)30-19(26-10)28-18(29-30)20(23,24)25/h2-9,16H,1H3,(H,27,31)(H,26,28,29). The lowest BCUT2D eigenvalue weighted by atomic mass is 9.95. The number of nitrogens with one attached hydrogen (secondary N) is 2. The Morgan fingerprint density at radius 2 is 1.77 bits per heavy atom. The van der Waals surface area contributed by atoms with Crippen LogP contribution < -0.4 is 10.6 Å². The summed E-state index contributed by atoms with van der Waals surface area (Å²) in [4.78, 5) is 16.6. The first-order valence-electron chi connectivity index (χ1n) is 8.97. The molecule has 1 aliphatic heterocycles. The van der Waals surface area contributed by atoms with Crippen molar-refractivity contribution in [1.82, 2.24) is 14.8 Å². The highest BCUT2D eigenvalue weighted by molar-refractivity contribution is 6.30. The van der Waals surface area contributed by atoms with Gasteiger partial charge < -0.3 is 10.6 Å². The highest BCUT2D eigenvalue weighted by Gasteiger charge is 2.41. The van der Waals surface area contributed by atoms with Crippen LogP contribution in [0.5, 0.6) is 0 Å². The molecule has 6 nitrogen and oxygen atoms in total. The van der Waals surface area contributed by atoms with Crippen molar-refractivity contribution in [2.45, 2.75) is 19.1 Å². The number of fused-ring (bicyclic) bond motifs is 1. The number of rotatable bonds is 3. The van der Waals surface area contributed by atoms with Crippen molar-refractivity contribution < 1.29 is 22.4 Å². The summed E-state index contributed by atoms with van der Waals surface area (Å²) in [5.74, 6) is -2.63. The minimum Gasteiger partial charge on any atom is -0.328 e. The normalized spacial score (nSPS) is 16.0. The Bertz CT molecular complexity index is 1170. The molecule has 0 spiro atoms. The van der Waals surface area contributed by atoms with Crippen LogP contribution in [0, 0.1) is 5.82 Å². The molecule has 2 N–H and O–H groups in total. The van der Waals surface area contributed by atoms with E-state index in [9.17, 15) is 22.4 Å². The van der Waals surface area contributed by atoms with Gasteiger partial charge in [-0.25, -0.2) is 9.07 Å². The number of nitrogens with zero attached hydrogens (tertiary/aromatic N) is 3. The molecule has 1 unspecified atom stereocenters. The zero-order valence-corrected chi connectivity index (χ0v) is 16.6. The largest absolute Gasteiger partial charge is 0.453 e. The van der Waals surface area contributed by atoms with Gasteiger partial charge in [-0.15, -0.1) is 5.10 Å². The average Bonchev–Trinajstić information content (AvgIpc) is 3.13. The van der Waals surface area contributed by atoms with Crippen LogP contribution in [-0.4, -0.2) is 20.7 Å². The fourth-order valence-electron chi connectivity index (χ4n) is 3.25. The number of carbonyl (C=O) groups is 1. The SMILES string of the molecule is CC1=C(C(=O)Nc2ccc(Cl)cc2)C(c2ccc(F)cc2)n2nc(C(F)(F)F)nc2N1. The van der Waals surface area contributed by atoms with Gasteiger partial charge in [0, 0.05) is 16.4 Å². The minimum absolute atomic E-state index is 0.104. The molecule has 31 heavy (non-hydrogen) atoms. The van der Waals surface area contributed by atoms with Crippen LogP contribution in [-0.2, 0) is 11.0 Å². The fraction of sp³-hybridized carbons (Fsp3) is 0.150. The Morgan fingerprint density at radius 1 is 1.13 bits per heavy atom. The molecule has 1 amide bonds. The number of aromatic nitrogens is 3. The van der Waals surface area contributed by atoms with E-state index in [-0.39, 0.29) is 17.2 Å². The predicted octanol–water partition coefficient (Wildman–Crippen LogP) is 5.02. The number of hydrogen-bond donors (Lipinski definition) is 2. The summed E-state index contributed by atoms with van der Waals surface area (Å²) in [6.07, 6.45) is -4.78. The maximum atomic E-state index is 13.5. The number of benzene rings is 2. The number of carbonyl (C=O) groups excluding carboxylic acids is 1. The van der Waals surface area contributed by atoms with Crippen molar-refractivity contribution in [2.75, 3.05) is 10.6 Å². The van der Waals surface area contributed by atoms with Gasteiger partial charge in [-0.05, 0) is 48.9 Å². The molecule has 2 aromatic carbocycles. The highest BCUT2D eigenvalue weighted by Crippen LogP contribution is 2.38. The monoisotopic (exact) mass is 451 g/mol. The van der Waals surface area contributed by atoms with Gasteiger partial charge in [0.05, 0.1) is 5.57 Å². The maximum absolute atomic E-state index is 13.5. The van der Waals surface area contributed by atoms with Crippen molar-refractivity contribution in [3.05, 3.63) is 82.0 Å². The Balaban J connectivity index is 1.80. The second-order valence-electron chi connectivity index (χ2n) is 6.78. The summed E-state index contributed by atoms with van der Waals surface area (Å²) in [7, 11) is 0. The van der Waals surface area contributed by atoms with Crippen LogP contribution in [0.2, 0.25) is 5.02 Å². The van der Waals surface area contributed by atoms with Gasteiger partial charge in [0.15, 0.2) is 0 Å². The Labute approximate surface area is 178 Å². The van der Waals surface area contributed by atoms with Gasteiger partial charge in [0.25, 0.3) is 11.7 Å². The average molecular weight is 452 g/mol. The van der Waals surface area contributed by atoms with Crippen LogP contribution in [0.4, 0.5) is 29.2 Å². The molecule has 0 bridgehead atoms. The summed E-state index contributed by atoms with van der Waals surface area (Å²) in [6, 6.07) is 10.3. The zero-order valence-electron chi connectivity index (χ0n) is 15.8. The van der Waals surface area contributed by atoms with E-state index in [0.29, 0.717) is 16.3 Å². The summed E-state index contributed by atoms with van der Waals surface area (Å²) >= 11 is 5.86. The smallest absolute Gasteiger partial charge is 0.328 e. The summed E-state index contributed by atoms with van der Waals surface area (Å²) in [5.41, 5.74) is 1.19. The molecule has 1 aliphatic rings. The van der Waals surface area contributed by atoms with Crippen LogP contribution in [0.1, 0.15) is 24.4 Å². The number of amides is 1. The molecule has 4 rings (SSSR count). The van der Waals surface area contributed by atoms with Gasteiger partial charge in [0.2, 0.25) is 5.95 Å². The number of halogens is 5. The van der Waals surface area contributed by atoms with Crippen LogP contribution in [0.25, 0.3) is 0 Å². The van der Waals surface area contributed by atoms with E-state index in [1.165, 1.54) is 12.1 Å². The van der Waals surface area contributed by atoms with E-state index in [2.05, 4.69) is 20.7 Å². The lowest BCUT2D eigenvalue weighted by Gasteiger charge is -2.28. The second-order valence-corrected chi connectivity index (χ2v) is 7.22. The van der Waals surface area contributed by atoms with Crippen LogP contribution in [0.15, 0.2) is 59.8 Å². The molecule has 1 aromatic heterocycles. The Morgan fingerprint density at radius 3 is 2.39 bits per heavy atom. The van der Waals surface area contributed by atoms with Gasteiger partial charge in [-0.2, -0.15) is 18.2 Å². The molecule has 160 valence electrons. The molecule has 1 atom stereocenters. The van der Waals surface area contributed by atoms with E-state index >= 15 is 0 Å². The Hall–Kier alpha value is -3.40. The van der Waals surface area contributed by atoms with Crippen LogP contribution >= 0.6 is 11.6 Å². The second kappa shape index (κ2) is 7.69. The zero-order chi connectivity index (χ0) is 22.3. The third-order valence-corrected chi connectivity index (χ3v) is 4.89.